The van der Waals surface area contributed by atoms with Crippen LogP contribution in [0.1, 0.15) is 6.42 Å². The van der Waals surface area contributed by atoms with Gasteiger partial charge in [0.25, 0.3) is 0 Å². The second kappa shape index (κ2) is 1.81. The van der Waals surface area contributed by atoms with Gasteiger partial charge in [0.1, 0.15) is 6.29 Å². The van der Waals surface area contributed by atoms with Gasteiger partial charge in [-0.05, 0) is 18.3 Å². The second-order valence-corrected chi connectivity index (χ2v) is 2.90. The standard InChI is InChI=1S/C7H10O2/c8-3-6-5-1-2-9-4-7(5)6/h3,5-7H,1-2,4H2. The highest BCUT2D eigenvalue weighted by atomic mass is 16.5. The molecule has 0 spiro atoms. The number of carbonyl (C=O) groups excluding carboxylic acids is 1. The molecule has 1 saturated carbocycles. The molecule has 0 aromatic rings. The highest BCUT2D eigenvalue weighted by Gasteiger charge is 2.51. The van der Waals surface area contributed by atoms with Crippen molar-refractivity contribution in [3.63, 3.8) is 0 Å². The second-order valence-electron chi connectivity index (χ2n) is 2.90. The molecule has 0 aromatic heterocycles. The summed E-state index contributed by atoms with van der Waals surface area (Å²) in [4.78, 5) is 10.3. The molecular formula is C7H10O2. The van der Waals surface area contributed by atoms with E-state index >= 15 is 0 Å². The maximum Gasteiger partial charge on any atom is 0.123 e. The zero-order valence-electron chi connectivity index (χ0n) is 5.25. The van der Waals surface area contributed by atoms with Gasteiger partial charge in [-0.15, -0.1) is 0 Å². The van der Waals surface area contributed by atoms with Crippen LogP contribution in [0.15, 0.2) is 0 Å². The lowest BCUT2D eigenvalue weighted by atomic mass is 10.2. The summed E-state index contributed by atoms with van der Waals surface area (Å²) in [6.45, 7) is 1.69. The van der Waals surface area contributed by atoms with Gasteiger partial charge >= 0.3 is 0 Å². The monoisotopic (exact) mass is 126 g/mol. The Labute approximate surface area is 54.2 Å². The van der Waals surface area contributed by atoms with Gasteiger partial charge in [0, 0.05) is 12.5 Å². The molecule has 3 unspecified atom stereocenters. The Morgan fingerprint density at radius 3 is 2.89 bits per heavy atom. The summed E-state index contributed by atoms with van der Waals surface area (Å²) in [6.07, 6.45) is 2.19. The van der Waals surface area contributed by atoms with Crippen LogP contribution in [0, 0.1) is 17.8 Å². The first-order valence-corrected chi connectivity index (χ1v) is 3.46. The van der Waals surface area contributed by atoms with E-state index in [4.69, 9.17) is 4.74 Å². The summed E-state index contributed by atoms with van der Waals surface area (Å²) in [5, 5.41) is 0. The summed E-state index contributed by atoms with van der Waals surface area (Å²) >= 11 is 0. The minimum absolute atomic E-state index is 0.354. The van der Waals surface area contributed by atoms with Crippen LogP contribution in [-0.4, -0.2) is 19.5 Å². The van der Waals surface area contributed by atoms with E-state index in [-0.39, 0.29) is 0 Å². The third kappa shape index (κ3) is 0.697. The summed E-state index contributed by atoms with van der Waals surface area (Å²) in [6, 6.07) is 0. The van der Waals surface area contributed by atoms with E-state index in [1.54, 1.807) is 0 Å². The molecule has 1 aliphatic heterocycles. The lowest BCUT2D eigenvalue weighted by molar-refractivity contribution is -0.109. The zero-order valence-corrected chi connectivity index (χ0v) is 5.25. The van der Waals surface area contributed by atoms with E-state index in [1.807, 2.05) is 0 Å². The number of fused-ring (bicyclic) bond motifs is 1. The Morgan fingerprint density at radius 1 is 1.44 bits per heavy atom. The SMILES string of the molecule is O=CC1C2CCOCC12. The van der Waals surface area contributed by atoms with E-state index < -0.39 is 0 Å². The van der Waals surface area contributed by atoms with Gasteiger partial charge in [0.2, 0.25) is 0 Å². The predicted octanol–water partition coefficient (Wildman–Crippen LogP) is 0.468. The third-order valence-corrected chi connectivity index (χ3v) is 2.46. The Hall–Kier alpha value is -0.370. The zero-order chi connectivity index (χ0) is 6.27. The van der Waals surface area contributed by atoms with Crippen molar-refractivity contribution in [1.82, 2.24) is 0 Å². The smallest absolute Gasteiger partial charge is 0.123 e. The molecule has 0 bridgehead atoms. The Bertz CT molecular complexity index is 121. The van der Waals surface area contributed by atoms with Gasteiger partial charge < -0.3 is 9.53 Å². The topological polar surface area (TPSA) is 26.3 Å². The Kier molecular flexibility index (Phi) is 1.09. The van der Waals surface area contributed by atoms with Crippen molar-refractivity contribution in [1.29, 1.82) is 0 Å². The minimum atomic E-state index is 0.354. The molecule has 0 N–H and O–H groups in total. The molecule has 1 aliphatic carbocycles. The maximum absolute atomic E-state index is 10.3. The molecule has 1 heterocycles. The van der Waals surface area contributed by atoms with Crippen molar-refractivity contribution in [3.8, 4) is 0 Å². The van der Waals surface area contributed by atoms with Gasteiger partial charge in [-0.2, -0.15) is 0 Å². The molecule has 1 saturated heterocycles. The summed E-state index contributed by atoms with van der Waals surface area (Å²) in [7, 11) is 0. The predicted molar refractivity (Wildman–Crippen MR) is 32.0 cm³/mol. The molecule has 2 fully saturated rings. The highest BCUT2D eigenvalue weighted by Crippen LogP contribution is 2.49. The first-order chi connectivity index (χ1) is 4.43. The van der Waals surface area contributed by atoms with Gasteiger partial charge in [0.15, 0.2) is 0 Å². The van der Waals surface area contributed by atoms with Crippen LogP contribution in [0.25, 0.3) is 0 Å². The van der Waals surface area contributed by atoms with Crippen molar-refractivity contribution < 1.29 is 9.53 Å². The average Bonchev–Trinajstić information content (AvgIpc) is 2.60. The van der Waals surface area contributed by atoms with E-state index in [9.17, 15) is 4.79 Å². The number of aldehydes is 1. The lowest BCUT2D eigenvalue weighted by Crippen LogP contribution is -2.06. The Balaban J connectivity index is 1.98. The maximum atomic E-state index is 10.3. The van der Waals surface area contributed by atoms with E-state index in [0.29, 0.717) is 17.8 Å². The number of ether oxygens (including phenoxy) is 1. The fourth-order valence-electron chi connectivity index (χ4n) is 1.76. The molecule has 2 nitrogen and oxygen atoms in total. The number of rotatable bonds is 1. The molecule has 3 atom stereocenters. The number of carbonyl (C=O) groups is 1. The van der Waals surface area contributed by atoms with Crippen LogP contribution in [0.4, 0.5) is 0 Å². The largest absolute Gasteiger partial charge is 0.381 e. The minimum Gasteiger partial charge on any atom is -0.381 e. The Morgan fingerprint density at radius 2 is 2.33 bits per heavy atom. The number of hydrogen-bond donors (Lipinski definition) is 0. The van der Waals surface area contributed by atoms with Crippen LogP contribution < -0.4 is 0 Å². The average molecular weight is 126 g/mol. The molecule has 0 radical (unpaired) electrons. The highest BCUT2D eigenvalue weighted by molar-refractivity contribution is 5.59. The van der Waals surface area contributed by atoms with Crippen molar-refractivity contribution in [2.75, 3.05) is 13.2 Å². The van der Waals surface area contributed by atoms with Crippen molar-refractivity contribution in [3.05, 3.63) is 0 Å². The van der Waals surface area contributed by atoms with Crippen molar-refractivity contribution >= 4 is 6.29 Å². The van der Waals surface area contributed by atoms with Gasteiger partial charge in [0.05, 0.1) is 6.61 Å². The first-order valence-electron chi connectivity index (χ1n) is 3.46. The van der Waals surface area contributed by atoms with Gasteiger partial charge in [-0.3, -0.25) is 0 Å². The molecule has 50 valence electrons. The summed E-state index contributed by atoms with van der Waals surface area (Å²) in [5.41, 5.74) is 0. The van der Waals surface area contributed by atoms with E-state index in [2.05, 4.69) is 0 Å². The van der Waals surface area contributed by atoms with Gasteiger partial charge in [-0.25, -0.2) is 0 Å². The summed E-state index contributed by atoms with van der Waals surface area (Å²) in [5.74, 6) is 1.64. The van der Waals surface area contributed by atoms with Crippen molar-refractivity contribution in [2.45, 2.75) is 6.42 Å². The number of hydrogen-bond acceptors (Lipinski definition) is 2. The fraction of sp³-hybridized carbons (Fsp3) is 0.857. The lowest BCUT2D eigenvalue weighted by Gasteiger charge is -2.07. The molecule has 2 heteroatoms. The fourth-order valence-corrected chi connectivity index (χ4v) is 1.76. The van der Waals surface area contributed by atoms with E-state index in [0.717, 1.165) is 25.9 Å². The summed E-state index contributed by atoms with van der Waals surface area (Å²) < 4.78 is 5.20. The third-order valence-electron chi connectivity index (χ3n) is 2.46. The molecule has 0 aromatic carbocycles. The molecule has 2 rings (SSSR count). The molecule has 2 aliphatic rings. The molecule has 9 heavy (non-hydrogen) atoms. The molecular weight excluding hydrogens is 116 g/mol. The van der Waals surface area contributed by atoms with Gasteiger partial charge in [-0.1, -0.05) is 0 Å². The van der Waals surface area contributed by atoms with Crippen LogP contribution in [-0.2, 0) is 9.53 Å². The molecule has 0 amide bonds. The van der Waals surface area contributed by atoms with Crippen molar-refractivity contribution in [2.24, 2.45) is 17.8 Å². The first kappa shape index (κ1) is 5.42. The quantitative estimate of drug-likeness (QED) is 0.477. The van der Waals surface area contributed by atoms with Crippen LogP contribution in [0.5, 0.6) is 0 Å². The normalized spacial score (nSPS) is 47.8. The van der Waals surface area contributed by atoms with Crippen LogP contribution in [0.2, 0.25) is 0 Å². The van der Waals surface area contributed by atoms with E-state index in [1.165, 1.54) is 0 Å². The van der Waals surface area contributed by atoms with Crippen LogP contribution in [0.3, 0.4) is 0 Å². The van der Waals surface area contributed by atoms with Crippen LogP contribution >= 0.6 is 0 Å².